The lowest BCUT2D eigenvalue weighted by atomic mass is 10.1. The maximum Gasteiger partial charge on any atom is 0.341 e. The van der Waals surface area contributed by atoms with E-state index in [2.05, 4.69) is 0 Å². The number of aromatic hydroxyl groups is 1. The Kier molecular flexibility index (Phi) is 4.05. The van der Waals surface area contributed by atoms with Crippen molar-refractivity contribution in [2.45, 2.75) is 13.8 Å². The van der Waals surface area contributed by atoms with E-state index in [4.69, 9.17) is 4.74 Å². The van der Waals surface area contributed by atoms with Gasteiger partial charge in [-0.25, -0.2) is 4.79 Å². The molecule has 86 valence electrons. The Labute approximate surface area is 93.9 Å². The molecule has 0 heterocycles. The van der Waals surface area contributed by atoms with Crippen LogP contribution < -0.4 is 0 Å². The zero-order valence-electron chi connectivity index (χ0n) is 9.27. The van der Waals surface area contributed by atoms with Crippen LogP contribution in [0.25, 0.3) is 0 Å². The highest BCUT2D eigenvalue weighted by atomic mass is 16.5. The van der Waals surface area contributed by atoms with Gasteiger partial charge in [-0.3, -0.25) is 4.79 Å². The first-order valence-electron chi connectivity index (χ1n) is 5.00. The lowest BCUT2D eigenvalue weighted by molar-refractivity contribution is 0.0455. The predicted molar refractivity (Wildman–Crippen MR) is 58.6 cm³/mol. The minimum Gasteiger partial charge on any atom is -0.507 e. The van der Waals surface area contributed by atoms with E-state index in [9.17, 15) is 14.7 Å². The molecule has 0 aromatic heterocycles. The number of rotatable bonds is 4. The largest absolute Gasteiger partial charge is 0.507 e. The van der Waals surface area contributed by atoms with Gasteiger partial charge in [-0.1, -0.05) is 13.8 Å². The molecule has 1 N–H and O–H groups in total. The van der Waals surface area contributed by atoms with E-state index < -0.39 is 5.97 Å². The average molecular weight is 222 g/mol. The van der Waals surface area contributed by atoms with Crippen LogP contribution in [-0.4, -0.2) is 24.0 Å². The molecule has 1 rings (SSSR count). The lowest BCUT2D eigenvalue weighted by Gasteiger charge is -2.08. The average Bonchev–Trinajstić information content (AvgIpc) is 2.26. The van der Waals surface area contributed by atoms with Gasteiger partial charge in [-0.05, 0) is 24.1 Å². The zero-order valence-corrected chi connectivity index (χ0v) is 9.27. The van der Waals surface area contributed by atoms with E-state index in [0.717, 1.165) is 0 Å². The van der Waals surface area contributed by atoms with Crippen molar-refractivity contribution in [3.63, 3.8) is 0 Å². The molecular weight excluding hydrogens is 208 g/mol. The fourth-order valence-corrected chi connectivity index (χ4v) is 1.11. The first-order chi connectivity index (χ1) is 7.54. The van der Waals surface area contributed by atoms with E-state index in [1.807, 2.05) is 13.8 Å². The van der Waals surface area contributed by atoms with Gasteiger partial charge in [0.2, 0.25) is 0 Å². The van der Waals surface area contributed by atoms with Crippen LogP contribution in [0.5, 0.6) is 5.75 Å². The highest BCUT2D eigenvalue weighted by Crippen LogP contribution is 2.19. The third kappa shape index (κ3) is 3.08. The lowest BCUT2D eigenvalue weighted by Crippen LogP contribution is -2.10. The molecule has 0 fully saturated rings. The van der Waals surface area contributed by atoms with E-state index in [1.54, 1.807) is 0 Å². The molecule has 4 nitrogen and oxygen atoms in total. The van der Waals surface area contributed by atoms with Gasteiger partial charge in [-0.2, -0.15) is 0 Å². The Hall–Kier alpha value is -1.84. The standard InChI is InChI=1S/C12H14O4/c1-8(2)7-16-12(15)10-5-9(6-13)3-4-11(10)14/h3-6,8,14H,7H2,1-2H3. The molecule has 0 unspecified atom stereocenters. The summed E-state index contributed by atoms with van der Waals surface area (Å²) < 4.78 is 4.95. The van der Waals surface area contributed by atoms with Gasteiger partial charge in [0.1, 0.15) is 17.6 Å². The summed E-state index contributed by atoms with van der Waals surface area (Å²) in [7, 11) is 0. The molecule has 0 spiro atoms. The highest BCUT2D eigenvalue weighted by Gasteiger charge is 2.13. The Balaban J connectivity index is 2.85. The molecule has 0 amide bonds. The van der Waals surface area contributed by atoms with Crippen molar-refractivity contribution in [1.29, 1.82) is 0 Å². The Morgan fingerprint density at radius 2 is 2.19 bits per heavy atom. The molecule has 1 aromatic rings. The van der Waals surface area contributed by atoms with E-state index >= 15 is 0 Å². The molecule has 16 heavy (non-hydrogen) atoms. The normalized spacial score (nSPS) is 10.2. The summed E-state index contributed by atoms with van der Waals surface area (Å²) in [6.45, 7) is 4.10. The second-order valence-electron chi connectivity index (χ2n) is 3.89. The Morgan fingerprint density at radius 3 is 2.75 bits per heavy atom. The fourth-order valence-electron chi connectivity index (χ4n) is 1.11. The molecule has 0 radical (unpaired) electrons. The van der Waals surface area contributed by atoms with Crippen molar-refractivity contribution in [3.05, 3.63) is 29.3 Å². The molecule has 0 saturated heterocycles. The van der Waals surface area contributed by atoms with E-state index in [-0.39, 0.29) is 23.8 Å². The van der Waals surface area contributed by atoms with Gasteiger partial charge in [0.05, 0.1) is 6.61 Å². The zero-order chi connectivity index (χ0) is 12.1. The van der Waals surface area contributed by atoms with E-state index in [1.165, 1.54) is 18.2 Å². The third-order valence-corrected chi connectivity index (χ3v) is 1.92. The summed E-state index contributed by atoms with van der Waals surface area (Å²) in [5.74, 6) is -0.574. The van der Waals surface area contributed by atoms with Crippen LogP contribution in [0, 0.1) is 5.92 Å². The first kappa shape index (κ1) is 12.2. The summed E-state index contributed by atoms with van der Waals surface area (Å²) >= 11 is 0. The minimum absolute atomic E-state index is 0.0188. The SMILES string of the molecule is CC(C)COC(=O)c1cc(C=O)ccc1O. The van der Waals surface area contributed by atoms with Crippen LogP contribution in [0.3, 0.4) is 0 Å². The number of hydrogen-bond acceptors (Lipinski definition) is 4. The quantitative estimate of drug-likeness (QED) is 0.625. The van der Waals surface area contributed by atoms with Crippen molar-refractivity contribution in [2.75, 3.05) is 6.61 Å². The number of carbonyl (C=O) groups excluding carboxylic acids is 2. The maximum atomic E-state index is 11.5. The Morgan fingerprint density at radius 1 is 1.50 bits per heavy atom. The molecular formula is C12H14O4. The molecule has 0 aliphatic carbocycles. The minimum atomic E-state index is -0.616. The molecule has 0 bridgehead atoms. The van der Waals surface area contributed by atoms with Crippen LogP contribution in [0.1, 0.15) is 34.6 Å². The Bertz CT molecular complexity index is 396. The van der Waals surface area contributed by atoms with Crippen LogP contribution in [0.4, 0.5) is 0 Å². The van der Waals surface area contributed by atoms with Gasteiger partial charge in [0.15, 0.2) is 0 Å². The van der Waals surface area contributed by atoms with Gasteiger partial charge in [-0.15, -0.1) is 0 Å². The number of phenols is 1. The highest BCUT2D eigenvalue weighted by molar-refractivity contribution is 5.94. The van der Waals surface area contributed by atoms with Crippen LogP contribution >= 0.6 is 0 Å². The van der Waals surface area contributed by atoms with E-state index in [0.29, 0.717) is 11.8 Å². The topological polar surface area (TPSA) is 63.6 Å². The fraction of sp³-hybridized carbons (Fsp3) is 0.333. The number of phenolic OH excluding ortho intramolecular Hbond substituents is 1. The van der Waals surface area contributed by atoms with Crippen molar-refractivity contribution < 1.29 is 19.4 Å². The molecule has 0 atom stereocenters. The van der Waals surface area contributed by atoms with Crippen LogP contribution in [-0.2, 0) is 4.74 Å². The first-order valence-corrected chi connectivity index (χ1v) is 5.00. The number of benzene rings is 1. The predicted octanol–water partition coefficient (Wildman–Crippen LogP) is 2.02. The smallest absolute Gasteiger partial charge is 0.341 e. The maximum absolute atomic E-state index is 11.5. The number of hydrogen-bond donors (Lipinski definition) is 1. The van der Waals surface area contributed by atoms with Gasteiger partial charge in [0.25, 0.3) is 0 Å². The summed E-state index contributed by atoms with van der Waals surface area (Å²) in [4.78, 5) is 22.1. The number of carbonyl (C=O) groups is 2. The van der Waals surface area contributed by atoms with Crippen LogP contribution in [0.2, 0.25) is 0 Å². The van der Waals surface area contributed by atoms with Gasteiger partial charge >= 0.3 is 5.97 Å². The van der Waals surface area contributed by atoms with Crippen molar-refractivity contribution in [3.8, 4) is 5.75 Å². The number of aldehydes is 1. The monoisotopic (exact) mass is 222 g/mol. The van der Waals surface area contributed by atoms with Gasteiger partial charge < -0.3 is 9.84 Å². The summed E-state index contributed by atoms with van der Waals surface area (Å²) in [5, 5.41) is 9.45. The van der Waals surface area contributed by atoms with Gasteiger partial charge in [0, 0.05) is 5.56 Å². The molecule has 1 aromatic carbocycles. The second kappa shape index (κ2) is 5.30. The van der Waals surface area contributed by atoms with Crippen molar-refractivity contribution in [2.24, 2.45) is 5.92 Å². The molecule has 0 saturated carbocycles. The van der Waals surface area contributed by atoms with Crippen LogP contribution in [0.15, 0.2) is 18.2 Å². The second-order valence-corrected chi connectivity index (χ2v) is 3.89. The third-order valence-electron chi connectivity index (χ3n) is 1.92. The summed E-state index contributed by atoms with van der Waals surface area (Å²) in [5.41, 5.74) is 0.347. The number of ether oxygens (including phenoxy) is 1. The molecule has 4 heteroatoms. The summed E-state index contributed by atoms with van der Waals surface area (Å²) in [6, 6.07) is 4.04. The summed E-state index contributed by atoms with van der Waals surface area (Å²) in [6.07, 6.45) is 0.610. The molecule has 0 aliphatic heterocycles. The number of esters is 1. The van der Waals surface area contributed by atoms with Crippen molar-refractivity contribution in [1.82, 2.24) is 0 Å². The molecule has 0 aliphatic rings. The van der Waals surface area contributed by atoms with Crippen molar-refractivity contribution >= 4 is 12.3 Å².